The molecule has 0 aromatic carbocycles. The maximum atomic E-state index is 12.8. The number of aryl methyl sites for hydroxylation is 2. The van der Waals surface area contributed by atoms with Crippen LogP contribution in [-0.4, -0.2) is 37.4 Å². The van der Waals surface area contributed by atoms with E-state index in [1.165, 1.54) is 11.8 Å². The largest absolute Gasteiger partial charge is 0.436 e. The highest BCUT2D eigenvalue weighted by atomic mass is 35.5. The Labute approximate surface area is 148 Å². The highest BCUT2D eigenvalue weighted by molar-refractivity contribution is 6.31. The number of rotatable bonds is 6. The van der Waals surface area contributed by atoms with Crippen LogP contribution >= 0.6 is 11.6 Å². The van der Waals surface area contributed by atoms with Gasteiger partial charge in [-0.1, -0.05) is 11.6 Å². The maximum Gasteiger partial charge on any atom is 0.436 e. The Morgan fingerprint density at radius 1 is 1.36 bits per heavy atom. The molecule has 2 aromatic rings. The molecular weight excluding hydrogens is 359 g/mol. The van der Waals surface area contributed by atoms with Crippen LogP contribution in [0.2, 0.25) is 5.02 Å². The standard InChI is InChI=1S/C15H19ClF3N5O/c1-4-23-7-5-11(20-23)9-22(3)12(25)6-8-24-10(2)13(16)14(21-24)15(17,18)19/h5,7H,4,6,8-9H2,1-3H3. The quantitative estimate of drug-likeness (QED) is 0.777. The van der Waals surface area contributed by atoms with Gasteiger partial charge in [0, 0.05) is 26.2 Å². The van der Waals surface area contributed by atoms with E-state index in [0.717, 1.165) is 16.9 Å². The van der Waals surface area contributed by atoms with Crippen molar-refractivity contribution in [3.05, 3.63) is 34.4 Å². The molecule has 0 aliphatic carbocycles. The van der Waals surface area contributed by atoms with Crippen molar-refractivity contribution in [3.8, 4) is 0 Å². The monoisotopic (exact) mass is 377 g/mol. The van der Waals surface area contributed by atoms with Crippen LogP contribution in [0.15, 0.2) is 12.3 Å². The van der Waals surface area contributed by atoms with Crippen LogP contribution < -0.4 is 0 Å². The molecule has 0 radical (unpaired) electrons. The molecular formula is C15H19ClF3N5O. The first-order valence-corrected chi connectivity index (χ1v) is 8.07. The molecule has 0 aliphatic heterocycles. The second-order valence-electron chi connectivity index (χ2n) is 5.63. The highest BCUT2D eigenvalue weighted by Gasteiger charge is 2.38. The second kappa shape index (κ2) is 7.47. The zero-order valence-electron chi connectivity index (χ0n) is 14.1. The minimum absolute atomic E-state index is 0.0150. The molecule has 6 nitrogen and oxygen atoms in total. The van der Waals surface area contributed by atoms with Crippen molar-refractivity contribution in [2.75, 3.05) is 7.05 Å². The number of alkyl halides is 3. The summed E-state index contributed by atoms with van der Waals surface area (Å²) in [5.41, 5.74) is -0.195. The van der Waals surface area contributed by atoms with Crippen LogP contribution in [0.4, 0.5) is 13.2 Å². The van der Waals surface area contributed by atoms with Gasteiger partial charge >= 0.3 is 6.18 Å². The molecule has 2 aromatic heterocycles. The smallest absolute Gasteiger partial charge is 0.340 e. The fraction of sp³-hybridized carbons (Fsp3) is 0.533. The topological polar surface area (TPSA) is 56.0 Å². The molecule has 2 rings (SSSR count). The molecule has 0 unspecified atom stereocenters. The number of hydrogen-bond donors (Lipinski definition) is 0. The van der Waals surface area contributed by atoms with Crippen LogP contribution in [0.1, 0.15) is 30.4 Å². The van der Waals surface area contributed by atoms with Crippen molar-refractivity contribution in [1.29, 1.82) is 0 Å². The third-order valence-corrected chi connectivity index (χ3v) is 4.24. The van der Waals surface area contributed by atoms with Gasteiger partial charge in [0.2, 0.25) is 5.91 Å². The predicted octanol–water partition coefficient (Wildman–Crippen LogP) is 3.13. The van der Waals surface area contributed by atoms with Gasteiger partial charge in [-0.05, 0) is 19.9 Å². The van der Waals surface area contributed by atoms with E-state index in [9.17, 15) is 18.0 Å². The van der Waals surface area contributed by atoms with Crippen molar-refractivity contribution < 1.29 is 18.0 Å². The molecule has 0 bridgehead atoms. The molecule has 2 heterocycles. The van der Waals surface area contributed by atoms with E-state index >= 15 is 0 Å². The Hall–Kier alpha value is -2.03. The van der Waals surface area contributed by atoms with Crippen LogP contribution in [0, 0.1) is 6.92 Å². The van der Waals surface area contributed by atoms with Gasteiger partial charge < -0.3 is 4.90 Å². The summed E-state index contributed by atoms with van der Waals surface area (Å²) >= 11 is 5.69. The Morgan fingerprint density at radius 3 is 2.56 bits per heavy atom. The van der Waals surface area contributed by atoms with Crippen LogP contribution in [0.3, 0.4) is 0 Å². The number of aromatic nitrogens is 4. The molecule has 0 atom stereocenters. The van der Waals surface area contributed by atoms with Gasteiger partial charge in [-0.2, -0.15) is 23.4 Å². The zero-order valence-corrected chi connectivity index (χ0v) is 14.9. The van der Waals surface area contributed by atoms with E-state index in [1.54, 1.807) is 11.7 Å². The summed E-state index contributed by atoms with van der Waals surface area (Å²) in [6.07, 6.45) is -2.78. The second-order valence-corrected chi connectivity index (χ2v) is 6.01. The van der Waals surface area contributed by atoms with Gasteiger partial charge in [-0.25, -0.2) is 0 Å². The first-order valence-electron chi connectivity index (χ1n) is 7.69. The van der Waals surface area contributed by atoms with Crippen molar-refractivity contribution in [2.45, 2.75) is 46.1 Å². The number of hydrogen-bond acceptors (Lipinski definition) is 3. The average molecular weight is 378 g/mol. The fourth-order valence-electron chi connectivity index (χ4n) is 2.31. The van der Waals surface area contributed by atoms with Gasteiger partial charge in [-0.15, -0.1) is 0 Å². The van der Waals surface area contributed by atoms with E-state index < -0.39 is 16.9 Å². The normalized spacial score (nSPS) is 11.8. The summed E-state index contributed by atoms with van der Waals surface area (Å²) in [5.74, 6) is -0.217. The SMILES string of the molecule is CCn1ccc(CN(C)C(=O)CCn2nc(C(F)(F)F)c(Cl)c2C)n1. The molecule has 25 heavy (non-hydrogen) atoms. The van der Waals surface area contributed by atoms with Crippen molar-refractivity contribution in [1.82, 2.24) is 24.5 Å². The summed E-state index contributed by atoms with van der Waals surface area (Å²) < 4.78 is 41.3. The van der Waals surface area contributed by atoms with Crippen molar-refractivity contribution >= 4 is 17.5 Å². The van der Waals surface area contributed by atoms with Gasteiger partial charge in [0.15, 0.2) is 5.69 Å². The summed E-state index contributed by atoms with van der Waals surface area (Å²) in [6, 6.07) is 1.82. The fourth-order valence-corrected chi connectivity index (χ4v) is 2.55. The van der Waals surface area contributed by atoms with E-state index in [1.807, 2.05) is 19.2 Å². The van der Waals surface area contributed by atoms with E-state index in [0.29, 0.717) is 6.54 Å². The Balaban J connectivity index is 1.97. The van der Waals surface area contributed by atoms with Crippen molar-refractivity contribution in [3.63, 3.8) is 0 Å². The predicted molar refractivity (Wildman–Crippen MR) is 86.0 cm³/mol. The first kappa shape index (κ1) is 19.3. The lowest BCUT2D eigenvalue weighted by molar-refractivity contribution is -0.141. The van der Waals surface area contributed by atoms with Crippen LogP contribution in [0.5, 0.6) is 0 Å². The number of halogens is 4. The zero-order chi connectivity index (χ0) is 18.8. The van der Waals surface area contributed by atoms with E-state index in [-0.39, 0.29) is 24.6 Å². The molecule has 1 amide bonds. The molecule has 0 saturated heterocycles. The minimum Gasteiger partial charge on any atom is -0.340 e. The molecule has 10 heteroatoms. The third kappa shape index (κ3) is 4.53. The first-order chi connectivity index (χ1) is 11.6. The number of carbonyl (C=O) groups excluding carboxylic acids is 1. The lowest BCUT2D eigenvalue weighted by Crippen LogP contribution is -2.27. The Bertz CT molecular complexity index is 753. The molecule has 0 spiro atoms. The average Bonchev–Trinajstić information content (AvgIpc) is 3.10. The Morgan fingerprint density at radius 2 is 2.04 bits per heavy atom. The third-order valence-electron chi connectivity index (χ3n) is 3.78. The number of nitrogens with zero attached hydrogens (tertiary/aromatic N) is 5. The summed E-state index contributed by atoms with van der Waals surface area (Å²) in [5, 5.41) is 7.34. The number of carbonyl (C=O) groups is 1. The highest BCUT2D eigenvalue weighted by Crippen LogP contribution is 2.35. The van der Waals surface area contributed by atoms with Gasteiger partial charge in [-0.3, -0.25) is 14.2 Å². The van der Waals surface area contributed by atoms with Crippen LogP contribution in [0.25, 0.3) is 0 Å². The van der Waals surface area contributed by atoms with Gasteiger partial charge in [0.1, 0.15) is 0 Å². The van der Waals surface area contributed by atoms with Crippen LogP contribution in [-0.2, 0) is 30.6 Å². The number of amides is 1. The summed E-state index contributed by atoms with van der Waals surface area (Å²) in [7, 11) is 1.62. The molecule has 0 aliphatic rings. The molecule has 0 saturated carbocycles. The van der Waals surface area contributed by atoms with E-state index in [4.69, 9.17) is 11.6 Å². The maximum absolute atomic E-state index is 12.8. The lowest BCUT2D eigenvalue weighted by Gasteiger charge is -2.16. The molecule has 138 valence electrons. The Kier molecular flexibility index (Phi) is 5.76. The van der Waals surface area contributed by atoms with E-state index in [2.05, 4.69) is 10.2 Å². The molecule has 0 N–H and O–H groups in total. The molecule has 0 fully saturated rings. The minimum atomic E-state index is -4.62. The van der Waals surface area contributed by atoms with Crippen molar-refractivity contribution in [2.24, 2.45) is 0 Å². The van der Waals surface area contributed by atoms with Gasteiger partial charge in [0.05, 0.1) is 29.5 Å². The summed E-state index contributed by atoms with van der Waals surface area (Å²) in [6.45, 7) is 4.49. The summed E-state index contributed by atoms with van der Waals surface area (Å²) in [4.78, 5) is 13.7. The lowest BCUT2D eigenvalue weighted by atomic mass is 10.3. The van der Waals surface area contributed by atoms with Gasteiger partial charge in [0.25, 0.3) is 0 Å².